The summed E-state index contributed by atoms with van der Waals surface area (Å²) in [7, 11) is 0. The molecular weight excluding hydrogens is 228 g/mol. The van der Waals surface area contributed by atoms with Crippen LogP contribution in [0.5, 0.6) is 0 Å². The Morgan fingerprint density at radius 1 is 1.11 bits per heavy atom. The second kappa shape index (κ2) is 4.29. The Hall–Kier alpha value is -2.69. The SMILES string of the molecule is O=C(Nc1ccnc2ccccc12)c1ccn[nH]1. The van der Waals surface area contributed by atoms with Crippen LogP contribution >= 0.6 is 0 Å². The molecule has 5 nitrogen and oxygen atoms in total. The van der Waals surface area contributed by atoms with Gasteiger partial charge in [0.1, 0.15) is 5.69 Å². The zero-order chi connectivity index (χ0) is 12.4. The Bertz CT molecular complexity index is 686. The number of anilines is 1. The van der Waals surface area contributed by atoms with E-state index < -0.39 is 0 Å². The molecule has 0 saturated carbocycles. The van der Waals surface area contributed by atoms with Crippen molar-refractivity contribution in [3.05, 3.63) is 54.5 Å². The lowest BCUT2D eigenvalue weighted by molar-refractivity contribution is 0.102. The lowest BCUT2D eigenvalue weighted by Crippen LogP contribution is -2.12. The molecule has 0 atom stereocenters. The number of hydrogen-bond acceptors (Lipinski definition) is 3. The van der Waals surface area contributed by atoms with E-state index in [1.807, 2.05) is 24.3 Å². The van der Waals surface area contributed by atoms with E-state index in [1.165, 1.54) is 0 Å². The summed E-state index contributed by atoms with van der Waals surface area (Å²) in [5.74, 6) is -0.219. The number of fused-ring (bicyclic) bond motifs is 1. The largest absolute Gasteiger partial charge is 0.320 e. The lowest BCUT2D eigenvalue weighted by atomic mass is 10.2. The number of pyridine rings is 1. The van der Waals surface area contributed by atoms with Crippen LogP contribution in [-0.4, -0.2) is 21.1 Å². The van der Waals surface area contributed by atoms with E-state index in [-0.39, 0.29) is 5.91 Å². The van der Waals surface area contributed by atoms with Crippen LogP contribution in [0.2, 0.25) is 0 Å². The zero-order valence-corrected chi connectivity index (χ0v) is 9.42. The van der Waals surface area contributed by atoms with Gasteiger partial charge in [0.2, 0.25) is 0 Å². The van der Waals surface area contributed by atoms with Crippen molar-refractivity contribution in [1.82, 2.24) is 15.2 Å². The van der Waals surface area contributed by atoms with E-state index in [4.69, 9.17) is 0 Å². The van der Waals surface area contributed by atoms with Crippen molar-refractivity contribution >= 4 is 22.5 Å². The highest BCUT2D eigenvalue weighted by Crippen LogP contribution is 2.21. The van der Waals surface area contributed by atoms with Gasteiger partial charge in [-0.25, -0.2) is 0 Å². The molecule has 2 aromatic heterocycles. The number of benzene rings is 1. The van der Waals surface area contributed by atoms with Gasteiger partial charge in [0.15, 0.2) is 0 Å². The van der Waals surface area contributed by atoms with Crippen LogP contribution in [0.25, 0.3) is 10.9 Å². The Morgan fingerprint density at radius 2 is 2.00 bits per heavy atom. The van der Waals surface area contributed by atoms with E-state index >= 15 is 0 Å². The van der Waals surface area contributed by atoms with Crippen LogP contribution in [0, 0.1) is 0 Å². The molecule has 3 aromatic rings. The molecule has 0 aliphatic heterocycles. The number of hydrogen-bond donors (Lipinski definition) is 2. The number of nitrogens with one attached hydrogen (secondary N) is 2. The number of H-pyrrole nitrogens is 1. The van der Waals surface area contributed by atoms with Gasteiger partial charge in [-0.05, 0) is 18.2 Å². The van der Waals surface area contributed by atoms with Gasteiger partial charge in [-0.2, -0.15) is 5.10 Å². The summed E-state index contributed by atoms with van der Waals surface area (Å²) in [6.07, 6.45) is 3.21. The number of carbonyl (C=O) groups is 1. The monoisotopic (exact) mass is 238 g/mol. The molecule has 0 radical (unpaired) electrons. The first-order chi connectivity index (χ1) is 8.84. The molecule has 0 bridgehead atoms. The smallest absolute Gasteiger partial charge is 0.273 e. The molecule has 0 aliphatic rings. The average Bonchev–Trinajstić information content (AvgIpc) is 2.93. The molecule has 0 aliphatic carbocycles. The number of para-hydroxylation sites is 1. The Kier molecular flexibility index (Phi) is 2.49. The second-order valence-electron chi connectivity index (χ2n) is 3.80. The summed E-state index contributed by atoms with van der Waals surface area (Å²) in [6, 6.07) is 11.0. The van der Waals surface area contributed by atoms with Crippen molar-refractivity contribution in [2.75, 3.05) is 5.32 Å². The predicted molar refractivity (Wildman–Crippen MR) is 68.3 cm³/mol. The summed E-state index contributed by atoms with van der Waals surface area (Å²) in [5, 5.41) is 10.1. The third-order valence-electron chi connectivity index (χ3n) is 2.64. The fourth-order valence-corrected chi connectivity index (χ4v) is 1.78. The van der Waals surface area contributed by atoms with Gasteiger partial charge in [0.25, 0.3) is 5.91 Å². The minimum absolute atomic E-state index is 0.219. The third kappa shape index (κ3) is 1.82. The molecule has 0 unspecified atom stereocenters. The van der Waals surface area contributed by atoms with Crippen molar-refractivity contribution < 1.29 is 4.79 Å². The lowest BCUT2D eigenvalue weighted by Gasteiger charge is -2.06. The standard InChI is InChI=1S/C13H10N4O/c18-13(12-6-8-15-17-12)16-11-5-7-14-10-4-2-1-3-9(10)11/h1-8H,(H,15,17)(H,14,16,18). The predicted octanol–water partition coefficient (Wildman–Crippen LogP) is 2.21. The quantitative estimate of drug-likeness (QED) is 0.719. The molecular formula is C13H10N4O. The Morgan fingerprint density at radius 3 is 2.83 bits per heavy atom. The summed E-state index contributed by atoms with van der Waals surface area (Å²) in [5.41, 5.74) is 2.01. The number of amides is 1. The first kappa shape index (κ1) is 10.5. The molecule has 0 fully saturated rings. The molecule has 3 rings (SSSR count). The number of aromatic amines is 1. The molecule has 0 saturated heterocycles. The van der Waals surface area contributed by atoms with Crippen LogP contribution in [0.4, 0.5) is 5.69 Å². The Labute approximate surface area is 103 Å². The van der Waals surface area contributed by atoms with Gasteiger partial charge < -0.3 is 5.32 Å². The van der Waals surface area contributed by atoms with Crippen LogP contribution < -0.4 is 5.32 Å². The highest BCUT2D eigenvalue weighted by atomic mass is 16.1. The van der Waals surface area contributed by atoms with E-state index in [2.05, 4.69) is 20.5 Å². The maximum atomic E-state index is 11.9. The van der Waals surface area contributed by atoms with Gasteiger partial charge >= 0.3 is 0 Å². The van der Waals surface area contributed by atoms with Crippen molar-refractivity contribution in [2.45, 2.75) is 0 Å². The summed E-state index contributed by atoms with van der Waals surface area (Å²) < 4.78 is 0. The van der Waals surface area contributed by atoms with Crippen LogP contribution in [-0.2, 0) is 0 Å². The molecule has 5 heteroatoms. The molecule has 2 N–H and O–H groups in total. The van der Waals surface area contributed by atoms with Crippen molar-refractivity contribution in [3.63, 3.8) is 0 Å². The summed E-state index contributed by atoms with van der Waals surface area (Å²) in [6.45, 7) is 0. The van der Waals surface area contributed by atoms with E-state index in [1.54, 1.807) is 24.5 Å². The van der Waals surface area contributed by atoms with E-state index in [9.17, 15) is 4.79 Å². The number of nitrogens with zero attached hydrogens (tertiary/aromatic N) is 2. The van der Waals surface area contributed by atoms with Crippen LogP contribution in [0.15, 0.2) is 48.8 Å². The highest BCUT2D eigenvalue weighted by Gasteiger charge is 2.09. The molecule has 88 valence electrons. The zero-order valence-electron chi connectivity index (χ0n) is 9.42. The maximum absolute atomic E-state index is 11.9. The van der Waals surface area contributed by atoms with Gasteiger partial charge in [0.05, 0.1) is 11.2 Å². The maximum Gasteiger partial charge on any atom is 0.273 e. The molecule has 18 heavy (non-hydrogen) atoms. The average molecular weight is 238 g/mol. The fourth-order valence-electron chi connectivity index (χ4n) is 1.78. The first-order valence-electron chi connectivity index (χ1n) is 5.49. The van der Waals surface area contributed by atoms with Crippen molar-refractivity contribution in [3.8, 4) is 0 Å². The molecule has 0 spiro atoms. The molecule has 1 aromatic carbocycles. The summed E-state index contributed by atoms with van der Waals surface area (Å²) in [4.78, 5) is 16.2. The van der Waals surface area contributed by atoms with E-state index in [0.29, 0.717) is 5.69 Å². The number of rotatable bonds is 2. The summed E-state index contributed by atoms with van der Waals surface area (Å²) >= 11 is 0. The van der Waals surface area contributed by atoms with Gasteiger partial charge in [0, 0.05) is 17.8 Å². The number of carbonyl (C=O) groups excluding carboxylic acids is 1. The highest BCUT2D eigenvalue weighted by molar-refractivity contribution is 6.07. The van der Waals surface area contributed by atoms with Crippen molar-refractivity contribution in [2.24, 2.45) is 0 Å². The Balaban J connectivity index is 1.98. The topological polar surface area (TPSA) is 70.7 Å². The minimum atomic E-state index is -0.219. The van der Waals surface area contributed by atoms with Crippen LogP contribution in [0.3, 0.4) is 0 Å². The second-order valence-corrected chi connectivity index (χ2v) is 3.80. The van der Waals surface area contributed by atoms with Crippen molar-refractivity contribution in [1.29, 1.82) is 0 Å². The molecule has 1 amide bonds. The number of aromatic nitrogens is 3. The fraction of sp³-hybridized carbons (Fsp3) is 0. The normalized spacial score (nSPS) is 10.4. The minimum Gasteiger partial charge on any atom is -0.320 e. The third-order valence-corrected chi connectivity index (χ3v) is 2.64. The van der Waals surface area contributed by atoms with Gasteiger partial charge in [-0.1, -0.05) is 18.2 Å². The molecule has 2 heterocycles. The first-order valence-corrected chi connectivity index (χ1v) is 5.49. The van der Waals surface area contributed by atoms with Crippen LogP contribution in [0.1, 0.15) is 10.5 Å². The van der Waals surface area contributed by atoms with Gasteiger partial charge in [-0.15, -0.1) is 0 Å². The van der Waals surface area contributed by atoms with E-state index in [0.717, 1.165) is 16.6 Å². The van der Waals surface area contributed by atoms with Gasteiger partial charge in [-0.3, -0.25) is 14.9 Å².